The maximum atomic E-state index is 12.7. The summed E-state index contributed by atoms with van der Waals surface area (Å²) in [5.41, 5.74) is 1.96. The topological polar surface area (TPSA) is 48.7 Å². The summed E-state index contributed by atoms with van der Waals surface area (Å²) >= 11 is 0. The van der Waals surface area contributed by atoms with Gasteiger partial charge in [-0.25, -0.2) is 0 Å². The van der Waals surface area contributed by atoms with E-state index in [0.29, 0.717) is 11.8 Å². The minimum Gasteiger partial charge on any atom is -0.451 e. The van der Waals surface area contributed by atoms with E-state index in [4.69, 9.17) is 4.42 Å². The van der Waals surface area contributed by atoms with Gasteiger partial charge in [0.1, 0.15) is 5.58 Å². The third-order valence-corrected chi connectivity index (χ3v) is 5.03. The summed E-state index contributed by atoms with van der Waals surface area (Å²) in [5, 5.41) is 4.42. The summed E-state index contributed by atoms with van der Waals surface area (Å²) < 4.78 is 5.75. The third kappa shape index (κ3) is 3.29. The molecule has 1 amide bonds. The van der Waals surface area contributed by atoms with E-state index in [1.54, 1.807) is 0 Å². The molecule has 1 atom stereocenters. The minimum atomic E-state index is 0. The van der Waals surface area contributed by atoms with Crippen LogP contribution in [-0.4, -0.2) is 61.0 Å². The van der Waals surface area contributed by atoms with Crippen molar-refractivity contribution in [2.24, 2.45) is 0 Å². The largest absolute Gasteiger partial charge is 0.451 e. The third-order valence-electron chi connectivity index (χ3n) is 5.03. The molecule has 3 heterocycles. The predicted molar refractivity (Wildman–Crippen MR) is 97.0 cm³/mol. The molecule has 2 fully saturated rings. The number of nitrogens with zero attached hydrogens (tertiary/aromatic N) is 2. The van der Waals surface area contributed by atoms with Crippen LogP contribution in [0.4, 0.5) is 0 Å². The number of fused-ring (bicyclic) bond motifs is 1. The summed E-state index contributed by atoms with van der Waals surface area (Å²) in [6, 6.07) is 8.51. The van der Waals surface area contributed by atoms with E-state index in [0.717, 1.165) is 50.2 Å². The van der Waals surface area contributed by atoms with Gasteiger partial charge in [0.2, 0.25) is 0 Å². The maximum absolute atomic E-state index is 12.7. The Balaban J connectivity index is 0.00000169. The lowest BCUT2D eigenvalue weighted by molar-refractivity contribution is 0.0557. The van der Waals surface area contributed by atoms with Crippen LogP contribution < -0.4 is 5.32 Å². The van der Waals surface area contributed by atoms with Crippen LogP contribution in [0.5, 0.6) is 0 Å². The van der Waals surface area contributed by atoms with Crippen LogP contribution in [0.1, 0.15) is 22.5 Å². The van der Waals surface area contributed by atoms with E-state index in [2.05, 4.69) is 16.3 Å². The van der Waals surface area contributed by atoms with E-state index in [1.165, 1.54) is 12.0 Å². The molecule has 1 unspecified atom stereocenters. The van der Waals surface area contributed by atoms with Crippen LogP contribution in [0.25, 0.3) is 11.0 Å². The molecule has 0 spiro atoms. The molecule has 4 rings (SSSR count). The molecule has 130 valence electrons. The van der Waals surface area contributed by atoms with E-state index >= 15 is 0 Å². The average Bonchev–Trinajstić information content (AvgIpc) is 3.23. The summed E-state index contributed by atoms with van der Waals surface area (Å²) in [6.07, 6.45) is 1.22. The highest BCUT2D eigenvalue weighted by atomic mass is 35.5. The maximum Gasteiger partial charge on any atom is 0.289 e. The molecule has 2 aromatic rings. The van der Waals surface area contributed by atoms with Crippen molar-refractivity contribution >= 4 is 29.3 Å². The smallest absolute Gasteiger partial charge is 0.289 e. The summed E-state index contributed by atoms with van der Waals surface area (Å²) in [6.45, 7) is 7.72. The van der Waals surface area contributed by atoms with Crippen LogP contribution in [0.2, 0.25) is 0 Å². The average molecular weight is 350 g/mol. The molecule has 0 aliphatic carbocycles. The first kappa shape index (κ1) is 17.3. The zero-order valence-electron chi connectivity index (χ0n) is 14.0. The molecular formula is C18H24ClN3O2. The Kier molecular flexibility index (Phi) is 5.13. The van der Waals surface area contributed by atoms with Crippen LogP contribution in [0, 0.1) is 6.92 Å². The van der Waals surface area contributed by atoms with E-state index in [-0.39, 0.29) is 18.3 Å². The first-order valence-corrected chi connectivity index (χ1v) is 8.45. The molecule has 0 saturated carbocycles. The van der Waals surface area contributed by atoms with Gasteiger partial charge in [0.05, 0.1) is 0 Å². The highest BCUT2D eigenvalue weighted by molar-refractivity contribution is 5.96. The van der Waals surface area contributed by atoms with Gasteiger partial charge in [0.25, 0.3) is 5.91 Å². The van der Waals surface area contributed by atoms with Gasteiger partial charge in [0, 0.05) is 44.2 Å². The van der Waals surface area contributed by atoms with Gasteiger partial charge in [-0.2, -0.15) is 0 Å². The summed E-state index contributed by atoms with van der Waals surface area (Å²) in [4.78, 5) is 17.1. The predicted octanol–water partition coefficient (Wildman–Crippen LogP) is 2.28. The van der Waals surface area contributed by atoms with E-state index in [9.17, 15) is 4.79 Å². The number of amides is 1. The number of rotatable bonds is 2. The molecule has 0 bridgehead atoms. The highest BCUT2D eigenvalue weighted by Gasteiger charge is 2.29. The number of aryl methyl sites for hydroxylation is 1. The number of hydrogen-bond donors (Lipinski definition) is 1. The number of halogens is 1. The van der Waals surface area contributed by atoms with Crippen molar-refractivity contribution in [3.05, 3.63) is 35.6 Å². The van der Waals surface area contributed by atoms with Crippen LogP contribution in [-0.2, 0) is 0 Å². The normalized spacial score (nSPS) is 21.9. The fourth-order valence-electron chi connectivity index (χ4n) is 3.67. The van der Waals surface area contributed by atoms with Crippen LogP contribution in [0.15, 0.2) is 28.7 Å². The van der Waals surface area contributed by atoms with Crippen molar-refractivity contribution in [3.8, 4) is 0 Å². The number of furan rings is 1. The first-order chi connectivity index (χ1) is 11.2. The van der Waals surface area contributed by atoms with E-state index in [1.807, 2.05) is 30.0 Å². The van der Waals surface area contributed by atoms with Gasteiger partial charge < -0.3 is 14.6 Å². The molecule has 1 aromatic carbocycles. The fraction of sp³-hybridized carbons (Fsp3) is 0.500. The second kappa shape index (κ2) is 7.13. The summed E-state index contributed by atoms with van der Waals surface area (Å²) in [7, 11) is 0. The van der Waals surface area contributed by atoms with E-state index < -0.39 is 0 Å². The van der Waals surface area contributed by atoms with Gasteiger partial charge in [-0.15, -0.1) is 12.4 Å². The van der Waals surface area contributed by atoms with Crippen LogP contribution in [0.3, 0.4) is 0 Å². The number of nitrogens with one attached hydrogen (secondary N) is 1. The van der Waals surface area contributed by atoms with Gasteiger partial charge >= 0.3 is 0 Å². The number of carbonyl (C=O) groups is 1. The zero-order valence-corrected chi connectivity index (χ0v) is 14.8. The molecular weight excluding hydrogens is 326 g/mol. The number of carbonyl (C=O) groups excluding carboxylic acids is 1. The second-order valence-corrected chi connectivity index (χ2v) is 6.63. The quantitative estimate of drug-likeness (QED) is 0.903. The molecule has 2 saturated heterocycles. The second-order valence-electron chi connectivity index (χ2n) is 6.63. The Bertz CT molecular complexity index is 716. The molecule has 0 radical (unpaired) electrons. The monoisotopic (exact) mass is 349 g/mol. The molecule has 2 aliphatic heterocycles. The van der Waals surface area contributed by atoms with Crippen molar-refractivity contribution in [1.82, 2.24) is 15.1 Å². The van der Waals surface area contributed by atoms with Gasteiger partial charge in [0.15, 0.2) is 5.76 Å². The Morgan fingerprint density at radius 1 is 1.21 bits per heavy atom. The SMILES string of the molecule is Cc1ccc2oc(C(=O)N3CCN(C4CCNC4)CC3)cc2c1.Cl. The Morgan fingerprint density at radius 3 is 2.71 bits per heavy atom. The fourth-order valence-corrected chi connectivity index (χ4v) is 3.67. The zero-order chi connectivity index (χ0) is 15.8. The lowest BCUT2D eigenvalue weighted by atomic mass is 10.1. The Morgan fingerprint density at radius 2 is 2.00 bits per heavy atom. The lowest BCUT2D eigenvalue weighted by Gasteiger charge is -2.37. The van der Waals surface area contributed by atoms with Crippen LogP contribution >= 0.6 is 12.4 Å². The number of hydrogen-bond acceptors (Lipinski definition) is 4. The highest BCUT2D eigenvalue weighted by Crippen LogP contribution is 2.22. The Labute approximate surface area is 148 Å². The molecule has 2 aliphatic rings. The van der Waals surface area contributed by atoms with Crippen molar-refractivity contribution in [2.45, 2.75) is 19.4 Å². The van der Waals surface area contributed by atoms with Crippen molar-refractivity contribution in [3.63, 3.8) is 0 Å². The minimum absolute atomic E-state index is 0. The molecule has 6 heteroatoms. The molecule has 1 N–H and O–H groups in total. The summed E-state index contributed by atoms with van der Waals surface area (Å²) in [5.74, 6) is 0.477. The van der Waals surface area contributed by atoms with Gasteiger partial charge in [-0.3, -0.25) is 9.69 Å². The van der Waals surface area contributed by atoms with Crippen molar-refractivity contribution in [1.29, 1.82) is 0 Å². The Hall–Kier alpha value is -1.56. The molecule has 24 heavy (non-hydrogen) atoms. The van der Waals surface area contributed by atoms with Crippen molar-refractivity contribution in [2.75, 3.05) is 39.3 Å². The lowest BCUT2D eigenvalue weighted by Crippen LogP contribution is -2.52. The molecule has 5 nitrogen and oxygen atoms in total. The standard InChI is InChI=1S/C18H23N3O2.ClH/c1-13-2-3-16-14(10-13)11-17(23-16)18(22)21-8-6-20(7-9-21)15-4-5-19-12-15;/h2-3,10-11,15,19H,4-9,12H2,1H3;1H. The first-order valence-electron chi connectivity index (χ1n) is 8.45. The van der Waals surface area contributed by atoms with Crippen molar-refractivity contribution < 1.29 is 9.21 Å². The van der Waals surface area contributed by atoms with Gasteiger partial charge in [-0.05, 0) is 38.1 Å². The number of benzene rings is 1. The molecule has 1 aromatic heterocycles. The number of piperazine rings is 1. The van der Waals surface area contributed by atoms with Gasteiger partial charge in [-0.1, -0.05) is 11.6 Å².